The molecule has 1 aromatic carbocycles. The van der Waals surface area contributed by atoms with Crippen LogP contribution in [0, 0.1) is 0 Å². The van der Waals surface area contributed by atoms with Crippen molar-refractivity contribution in [3.8, 4) is 11.5 Å². The van der Waals surface area contributed by atoms with E-state index in [1.165, 1.54) is 14.2 Å². The quantitative estimate of drug-likeness (QED) is 0.767. The van der Waals surface area contributed by atoms with E-state index in [9.17, 15) is 18.0 Å². The number of alkyl halides is 3. The van der Waals surface area contributed by atoms with Crippen molar-refractivity contribution in [2.45, 2.75) is 19.0 Å². The van der Waals surface area contributed by atoms with Gasteiger partial charge in [-0.05, 0) is 30.2 Å². The minimum atomic E-state index is -4.53. The average Bonchev–Trinajstić information content (AvgIpc) is 2.62. The summed E-state index contributed by atoms with van der Waals surface area (Å²) in [4.78, 5) is 15.6. The highest BCUT2D eigenvalue weighted by Gasteiger charge is 2.31. The number of nitrogens with zero attached hydrogens (tertiary/aromatic N) is 1. The first-order chi connectivity index (χ1) is 12.7. The van der Waals surface area contributed by atoms with E-state index in [4.69, 9.17) is 21.1 Å². The molecule has 0 fully saturated rings. The Labute approximate surface area is 159 Å². The summed E-state index contributed by atoms with van der Waals surface area (Å²) in [7, 11) is 3.07. The third kappa shape index (κ3) is 5.75. The Morgan fingerprint density at radius 2 is 1.89 bits per heavy atom. The van der Waals surface area contributed by atoms with Crippen LogP contribution in [0.4, 0.5) is 13.2 Å². The molecule has 0 atom stereocenters. The first-order valence-electron chi connectivity index (χ1n) is 7.93. The third-order valence-electron chi connectivity index (χ3n) is 3.76. The first-order valence-corrected chi connectivity index (χ1v) is 8.31. The molecule has 0 radical (unpaired) electrons. The van der Waals surface area contributed by atoms with Gasteiger partial charge in [0, 0.05) is 12.7 Å². The second-order valence-corrected chi connectivity index (χ2v) is 6.02. The van der Waals surface area contributed by atoms with Crippen LogP contribution >= 0.6 is 11.6 Å². The van der Waals surface area contributed by atoms with Gasteiger partial charge >= 0.3 is 6.18 Å². The van der Waals surface area contributed by atoms with E-state index < -0.39 is 11.7 Å². The number of hydrogen-bond donors (Lipinski definition) is 1. The van der Waals surface area contributed by atoms with Crippen molar-refractivity contribution in [1.82, 2.24) is 10.3 Å². The maximum Gasteiger partial charge on any atom is 0.417 e. The largest absolute Gasteiger partial charge is 0.493 e. The van der Waals surface area contributed by atoms with E-state index in [1.807, 2.05) is 6.07 Å². The molecule has 1 N–H and O–H groups in total. The Bertz CT molecular complexity index is 813. The minimum absolute atomic E-state index is 0.0910. The molecule has 9 heteroatoms. The number of benzene rings is 1. The monoisotopic (exact) mass is 402 g/mol. The SMILES string of the molecule is COc1ccc(CCNC(=O)Cc2ncc(C(F)(F)F)cc2Cl)cc1OC. The Balaban J connectivity index is 1.90. The highest BCUT2D eigenvalue weighted by atomic mass is 35.5. The predicted octanol–water partition coefficient (Wildman–Crippen LogP) is 3.67. The van der Waals surface area contributed by atoms with Gasteiger partial charge in [0.2, 0.25) is 5.91 Å². The summed E-state index contributed by atoms with van der Waals surface area (Å²) in [5, 5.41) is 2.49. The van der Waals surface area contributed by atoms with Crippen LogP contribution in [0.5, 0.6) is 11.5 Å². The lowest BCUT2D eigenvalue weighted by Gasteiger charge is -2.11. The molecular weight excluding hydrogens is 385 g/mol. The molecule has 0 unspecified atom stereocenters. The highest BCUT2D eigenvalue weighted by molar-refractivity contribution is 6.31. The number of methoxy groups -OCH3 is 2. The van der Waals surface area contributed by atoms with Gasteiger partial charge in [-0.2, -0.15) is 13.2 Å². The summed E-state index contributed by atoms with van der Waals surface area (Å²) in [5.41, 5.74) is 0.0667. The molecule has 0 aliphatic carbocycles. The van der Waals surface area contributed by atoms with Crippen molar-refractivity contribution in [2.75, 3.05) is 20.8 Å². The zero-order valence-electron chi connectivity index (χ0n) is 14.7. The summed E-state index contributed by atoms with van der Waals surface area (Å²) < 4.78 is 48.2. The molecule has 146 valence electrons. The van der Waals surface area contributed by atoms with Crippen molar-refractivity contribution in [1.29, 1.82) is 0 Å². The van der Waals surface area contributed by atoms with Crippen LogP contribution in [0.2, 0.25) is 5.02 Å². The van der Waals surface area contributed by atoms with Crippen LogP contribution in [0.1, 0.15) is 16.8 Å². The fourth-order valence-corrected chi connectivity index (χ4v) is 2.58. The Morgan fingerprint density at radius 1 is 1.19 bits per heavy atom. The Hall–Kier alpha value is -2.48. The molecule has 1 amide bonds. The lowest BCUT2D eigenvalue weighted by Crippen LogP contribution is -2.27. The number of halogens is 4. The van der Waals surface area contributed by atoms with Gasteiger partial charge in [-0.1, -0.05) is 17.7 Å². The molecule has 27 heavy (non-hydrogen) atoms. The number of pyridine rings is 1. The average molecular weight is 403 g/mol. The van der Waals surface area contributed by atoms with Gasteiger partial charge in [0.05, 0.1) is 36.9 Å². The molecule has 2 rings (SSSR count). The molecule has 0 saturated heterocycles. The molecule has 0 saturated carbocycles. The molecule has 0 aliphatic heterocycles. The van der Waals surface area contributed by atoms with Gasteiger partial charge in [0.15, 0.2) is 11.5 Å². The van der Waals surface area contributed by atoms with Crippen LogP contribution in [-0.2, 0) is 23.8 Å². The second kappa shape index (κ2) is 8.94. The second-order valence-electron chi connectivity index (χ2n) is 5.62. The summed E-state index contributed by atoms with van der Waals surface area (Å²) in [6, 6.07) is 6.18. The third-order valence-corrected chi connectivity index (χ3v) is 4.08. The first kappa shape index (κ1) is 20.8. The van der Waals surface area contributed by atoms with Crippen LogP contribution in [0.3, 0.4) is 0 Å². The number of ether oxygens (including phenoxy) is 2. The van der Waals surface area contributed by atoms with E-state index in [2.05, 4.69) is 10.3 Å². The topological polar surface area (TPSA) is 60.5 Å². The smallest absolute Gasteiger partial charge is 0.417 e. The number of hydrogen-bond acceptors (Lipinski definition) is 4. The Morgan fingerprint density at radius 3 is 2.48 bits per heavy atom. The van der Waals surface area contributed by atoms with Gasteiger partial charge in [0.1, 0.15) is 0 Å². The maximum absolute atomic E-state index is 12.6. The molecule has 0 spiro atoms. The summed E-state index contributed by atoms with van der Waals surface area (Å²) in [6.07, 6.45) is -3.53. The molecule has 2 aromatic rings. The number of aromatic nitrogens is 1. The van der Waals surface area contributed by atoms with Crippen LogP contribution in [0.15, 0.2) is 30.5 Å². The summed E-state index contributed by atoms with van der Waals surface area (Å²) >= 11 is 5.80. The van der Waals surface area contributed by atoms with Crippen LogP contribution in [-0.4, -0.2) is 31.7 Å². The predicted molar refractivity (Wildman–Crippen MR) is 94.2 cm³/mol. The highest BCUT2D eigenvalue weighted by Crippen LogP contribution is 2.31. The normalized spacial score (nSPS) is 11.2. The molecular formula is C18H18ClF3N2O3. The fourth-order valence-electron chi connectivity index (χ4n) is 2.35. The summed E-state index contributed by atoms with van der Waals surface area (Å²) in [6.45, 7) is 0.340. The molecule has 1 aromatic heterocycles. The van der Waals surface area contributed by atoms with Gasteiger partial charge < -0.3 is 14.8 Å². The fraction of sp³-hybridized carbons (Fsp3) is 0.333. The molecule has 5 nitrogen and oxygen atoms in total. The van der Waals surface area contributed by atoms with Crippen molar-refractivity contribution < 1.29 is 27.4 Å². The van der Waals surface area contributed by atoms with E-state index in [1.54, 1.807) is 12.1 Å². The van der Waals surface area contributed by atoms with Crippen LogP contribution < -0.4 is 14.8 Å². The van der Waals surface area contributed by atoms with E-state index in [0.717, 1.165) is 11.6 Å². The lowest BCUT2D eigenvalue weighted by molar-refractivity contribution is -0.137. The Kier molecular flexibility index (Phi) is 6.90. The summed E-state index contributed by atoms with van der Waals surface area (Å²) in [5.74, 6) is 0.806. The number of carbonyl (C=O) groups is 1. The van der Waals surface area contributed by atoms with Crippen molar-refractivity contribution >= 4 is 17.5 Å². The van der Waals surface area contributed by atoms with Gasteiger partial charge in [0.25, 0.3) is 0 Å². The zero-order valence-corrected chi connectivity index (χ0v) is 15.4. The lowest BCUT2D eigenvalue weighted by atomic mass is 10.1. The van der Waals surface area contributed by atoms with Crippen molar-refractivity contribution in [3.05, 3.63) is 52.3 Å². The number of carbonyl (C=O) groups excluding carboxylic acids is 1. The van der Waals surface area contributed by atoms with E-state index >= 15 is 0 Å². The van der Waals surface area contributed by atoms with Crippen LogP contribution in [0.25, 0.3) is 0 Å². The molecule has 0 bridgehead atoms. The van der Waals surface area contributed by atoms with E-state index in [0.29, 0.717) is 30.7 Å². The molecule has 0 aliphatic rings. The zero-order chi connectivity index (χ0) is 20.0. The van der Waals surface area contributed by atoms with Crippen molar-refractivity contribution in [2.24, 2.45) is 0 Å². The van der Waals surface area contributed by atoms with Gasteiger partial charge in [-0.25, -0.2) is 0 Å². The molecule has 1 heterocycles. The number of rotatable bonds is 7. The standard InChI is InChI=1S/C18H18ClF3N2O3/c1-26-15-4-3-11(7-16(15)27-2)5-6-23-17(25)9-14-13(19)8-12(10-24-14)18(20,21)22/h3-4,7-8,10H,5-6,9H2,1-2H3,(H,23,25). The maximum atomic E-state index is 12.6. The van der Waals surface area contributed by atoms with Gasteiger partial charge in [-0.15, -0.1) is 0 Å². The van der Waals surface area contributed by atoms with E-state index in [-0.39, 0.29) is 23.0 Å². The number of amides is 1. The van der Waals surface area contributed by atoms with Gasteiger partial charge in [-0.3, -0.25) is 9.78 Å². The number of nitrogens with one attached hydrogen (secondary N) is 1. The minimum Gasteiger partial charge on any atom is -0.493 e. The van der Waals surface area contributed by atoms with Crippen molar-refractivity contribution in [3.63, 3.8) is 0 Å².